The van der Waals surface area contributed by atoms with E-state index >= 15 is 0 Å². The molecule has 4 heterocycles. The number of amides is 1. The molecule has 0 bridgehead atoms. The highest BCUT2D eigenvalue weighted by Crippen LogP contribution is 2.44. The number of aliphatic hydroxyl groups excluding tert-OH is 1. The van der Waals surface area contributed by atoms with Gasteiger partial charge in [-0.15, -0.1) is 10.2 Å². The number of anilines is 1. The van der Waals surface area contributed by atoms with E-state index in [1.54, 1.807) is 66.1 Å². The number of rotatable bonds is 6. The van der Waals surface area contributed by atoms with E-state index in [1.165, 1.54) is 40.1 Å². The summed E-state index contributed by atoms with van der Waals surface area (Å²) in [5, 5.41) is 20.3. The van der Waals surface area contributed by atoms with Crippen molar-refractivity contribution in [2.75, 3.05) is 4.90 Å². The Kier molecular flexibility index (Phi) is 6.99. The third-order valence-electron chi connectivity index (χ3n) is 6.44. The zero-order chi connectivity index (χ0) is 28.0. The fourth-order valence-electron chi connectivity index (χ4n) is 4.60. The lowest BCUT2D eigenvalue weighted by molar-refractivity contribution is -0.132. The molecule has 2 aromatic carbocycles. The molecule has 1 saturated heterocycles. The normalized spacial score (nSPS) is 16.8. The van der Waals surface area contributed by atoms with Crippen LogP contribution >= 0.6 is 39.0 Å². The van der Waals surface area contributed by atoms with Crippen molar-refractivity contribution in [3.8, 4) is 0 Å². The number of halogens is 2. The Labute approximate surface area is 244 Å². The largest absolute Gasteiger partial charge is 0.505 e. The van der Waals surface area contributed by atoms with Gasteiger partial charge in [0.25, 0.3) is 5.78 Å². The van der Waals surface area contributed by atoms with Gasteiger partial charge in [0.1, 0.15) is 17.2 Å². The van der Waals surface area contributed by atoms with Crippen LogP contribution in [0.25, 0.3) is 11.4 Å². The number of aliphatic hydroxyl groups is 1. The molecule has 1 amide bonds. The Morgan fingerprint density at radius 3 is 2.58 bits per heavy atom. The summed E-state index contributed by atoms with van der Waals surface area (Å²) in [5.74, 6) is -1.74. The third kappa shape index (κ3) is 4.72. The summed E-state index contributed by atoms with van der Waals surface area (Å²) in [6.07, 6.45) is 1.74. The average Bonchev–Trinajstić information content (AvgIpc) is 3.62. The van der Waals surface area contributed by atoms with Crippen LogP contribution in [0, 0.1) is 12.7 Å². The minimum absolute atomic E-state index is 0.0585. The van der Waals surface area contributed by atoms with Crippen molar-refractivity contribution in [1.29, 1.82) is 0 Å². The summed E-state index contributed by atoms with van der Waals surface area (Å²) in [6.45, 7) is 1.74. The Morgan fingerprint density at radius 1 is 1.07 bits per heavy atom. The van der Waals surface area contributed by atoms with Gasteiger partial charge >= 0.3 is 5.91 Å². The molecule has 1 fully saturated rings. The highest BCUT2D eigenvalue weighted by Gasteiger charge is 2.48. The Bertz CT molecular complexity index is 1800. The molecular formula is C28H19BrFN5O3S2. The predicted molar refractivity (Wildman–Crippen MR) is 155 cm³/mol. The van der Waals surface area contributed by atoms with Crippen molar-refractivity contribution < 1.29 is 19.1 Å². The maximum atomic E-state index is 13.5. The van der Waals surface area contributed by atoms with Crippen molar-refractivity contribution in [1.82, 2.24) is 19.6 Å². The fourth-order valence-corrected chi connectivity index (χ4v) is 6.69. The molecule has 1 atom stereocenters. The second-order valence-electron chi connectivity index (χ2n) is 8.96. The third-order valence-corrected chi connectivity index (χ3v) is 9.09. The number of imidazole rings is 1. The van der Waals surface area contributed by atoms with Crippen molar-refractivity contribution in [3.05, 3.63) is 111 Å². The molecule has 1 aliphatic rings. The maximum Gasteiger partial charge on any atom is 0.301 e. The second-order valence-corrected chi connectivity index (χ2v) is 12.1. The van der Waals surface area contributed by atoms with Gasteiger partial charge in [-0.05, 0) is 54.4 Å². The first-order valence-corrected chi connectivity index (χ1v) is 14.6. The SMILES string of the molecule is Cc1nc2ccccn2c1C(O)=C1C(=O)C(=O)N(c2nnc(SCc3ccc(F)cc3)s2)C1c1ccc(Br)cc1. The standard InChI is InChI=1S/C28H19BrFN5O3S2/c1-15-22(34-13-3-2-4-20(34)31-15)24(36)21-23(17-7-9-18(29)10-8-17)35(26(38)25(21)37)27-32-33-28(40-27)39-14-16-5-11-19(30)12-6-16/h2-13,23,36H,14H2,1H3. The molecule has 12 heteroatoms. The summed E-state index contributed by atoms with van der Waals surface area (Å²) < 4.78 is 16.3. The van der Waals surface area contributed by atoms with Gasteiger partial charge in [-0.25, -0.2) is 9.37 Å². The Hall–Kier alpha value is -3.87. The first-order valence-electron chi connectivity index (χ1n) is 12.0. The van der Waals surface area contributed by atoms with Gasteiger partial charge in [0, 0.05) is 16.4 Å². The number of hydrogen-bond acceptors (Lipinski definition) is 8. The van der Waals surface area contributed by atoms with Gasteiger partial charge in [0.05, 0.1) is 17.3 Å². The number of fused-ring (bicyclic) bond motifs is 1. The molecule has 5 aromatic rings. The number of Topliss-reactive ketones (excluding diaryl/α,β-unsaturated/α-hetero) is 1. The molecule has 8 nitrogen and oxygen atoms in total. The van der Waals surface area contributed by atoms with Gasteiger partial charge in [-0.1, -0.05) is 69.4 Å². The number of nitrogens with zero attached hydrogens (tertiary/aromatic N) is 5. The van der Waals surface area contributed by atoms with Gasteiger partial charge in [0.15, 0.2) is 10.1 Å². The summed E-state index contributed by atoms with van der Waals surface area (Å²) in [6, 6.07) is 17.8. The predicted octanol–water partition coefficient (Wildman–Crippen LogP) is 6.31. The topological polar surface area (TPSA) is 101 Å². The molecule has 6 rings (SSSR count). The number of carbonyl (C=O) groups is 2. The van der Waals surface area contributed by atoms with Crippen LogP contribution in [0.3, 0.4) is 0 Å². The monoisotopic (exact) mass is 635 g/mol. The van der Waals surface area contributed by atoms with Crippen LogP contribution in [0.4, 0.5) is 9.52 Å². The first-order chi connectivity index (χ1) is 19.3. The van der Waals surface area contributed by atoms with E-state index in [1.807, 2.05) is 6.07 Å². The van der Waals surface area contributed by atoms with Crippen LogP contribution in [0.15, 0.2) is 87.3 Å². The van der Waals surface area contributed by atoms with E-state index in [-0.39, 0.29) is 22.3 Å². The summed E-state index contributed by atoms with van der Waals surface area (Å²) in [5.41, 5.74) is 2.91. The lowest BCUT2D eigenvalue weighted by Gasteiger charge is -2.22. The molecule has 0 saturated carbocycles. The fraction of sp³-hybridized carbons (Fsp3) is 0.107. The van der Waals surface area contributed by atoms with E-state index in [0.29, 0.717) is 32.7 Å². The molecule has 0 radical (unpaired) electrons. The molecule has 1 unspecified atom stereocenters. The number of benzene rings is 2. The molecule has 200 valence electrons. The smallest absolute Gasteiger partial charge is 0.301 e. The second kappa shape index (κ2) is 10.6. The quantitative estimate of drug-likeness (QED) is 0.0766. The van der Waals surface area contributed by atoms with Crippen LogP contribution < -0.4 is 4.90 Å². The number of thioether (sulfide) groups is 1. The van der Waals surface area contributed by atoms with Crippen LogP contribution in [-0.2, 0) is 15.3 Å². The van der Waals surface area contributed by atoms with Crippen molar-refractivity contribution in [2.24, 2.45) is 0 Å². The maximum absolute atomic E-state index is 13.5. The van der Waals surface area contributed by atoms with E-state index in [4.69, 9.17) is 0 Å². The summed E-state index contributed by atoms with van der Waals surface area (Å²) >= 11 is 5.98. The van der Waals surface area contributed by atoms with Crippen molar-refractivity contribution in [3.63, 3.8) is 0 Å². The number of carbonyl (C=O) groups excluding carboxylic acids is 2. The highest BCUT2D eigenvalue weighted by atomic mass is 79.9. The number of aryl methyl sites for hydroxylation is 1. The molecule has 1 aliphatic heterocycles. The number of aromatic nitrogens is 4. The van der Waals surface area contributed by atoms with Crippen molar-refractivity contribution in [2.45, 2.75) is 23.1 Å². The van der Waals surface area contributed by atoms with E-state index in [2.05, 4.69) is 31.1 Å². The van der Waals surface area contributed by atoms with Crippen LogP contribution in [0.2, 0.25) is 0 Å². The summed E-state index contributed by atoms with van der Waals surface area (Å²) in [7, 11) is 0. The van der Waals surface area contributed by atoms with Crippen molar-refractivity contribution >= 4 is 67.3 Å². The highest BCUT2D eigenvalue weighted by molar-refractivity contribution is 9.10. The minimum Gasteiger partial charge on any atom is -0.505 e. The lowest BCUT2D eigenvalue weighted by atomic mass is 9.96. The van der Waals surface area contributed by atoms with Gasteiger partial charge < -0.3 is 5.11 Å². The van der Waals surface area contributed by atoms with Gasteiger partial charge in [0.2, 0.25) is 5.13 Å². The molecular weight excluding hydrogens is 617 g/mol. The Balaban J connectivity index is 1.43. The molecule has 0 spiro atoms. The van der Waals surface area contributed by atoms with E-state index in [0.717, 1.165) is 10.0 Å². The van der Waals surface area contributed by atoms with Crippen LogP contribution in [0.1, 0.15) is 28.6 Å². The molecule has 0 aliphatic carbocycles. The van der Waals surface area contributed by atoms with E-state index in [9.17, 15) is 19.1 Å². The zero-order valence-electron chi connectivity index (χ0n) is 20.8. The molecule has 3 aromatic heterocycles. The minimum atomic E-state index is -0.940. The number of hydrogen-bond donors (Lipinski definition) is 1. The molecule has 40 heavy (non-hydrogen) atoms. The van der Waals surface area contributed by atoms with E-state index < -0.39 is 17.7 Å². The zero-order valence-corrected chi connectivity index (χ0v) is 24.0. The number of ketones is 1. The lowest BCUT2D eigenvalue weighted by Crippen LogP contribution is -2.29. The molecule has 1 N–H and O–H groups in total. The first kappa shape index (κ1) is 26.4. The Morgan fingerprint density at radius 2 is 1.82 bits per heavy atom. The van der Waals surface area contributed by atoms with Gasteiger partial charge in [-0.2, -0.15) is 0 Å². The van der Waals surface area contributed by atoms with Gasteiger partial charge in [-0.3, -0.25) is 18.9 Å². The summed E-state index contributed by atoms with van der Waals surface area (Å²) in [4.78, 5) is 32.8. The van der Waals surface area contributed by atoms with Crippen LogP contribution in [0.5, 0.6) is 0 Å². The average molecular weight is 637 g/mol. The van der Waals surface area contributed by atoms with Crippen LogP contribution in [-0.4, -0.2) is 36.4 Å². The number of pyridine rings is 1.